The molecule has 0 bridgehead atoms. The summed E-state index contributed by atoms with van der Waals surface area (Å²) in [6.07, 6.45) is 3.18. The summed E-state index contributed by atoms with van der Waals surface area (Å²) in [6, 6.07) is 8.96. The number of amides is 1. The van der Waals surface area contributed by atoms with Gasteiger partial charge in [-0.3, -0.25) is 4.79 Å². The van der Waals surface area contributed by atoms with Gasteiger partial charge >= 0.3 is 0 Å². The highest BCUT2D eigenvalue weighted by molar-refractivity contribution is 5.81. The molecule has 0 radical (unpaired) electrons. The van der Waals surface area contributed by atoms with Crippen molar-refractivity contribution in [3.63, 3.8) is 0 Å². The van der Waals surface area contributed by atoms with Gasteiger partial charge in [-0.2, -0.15) is 0 Å². The standard InChI is InChI=1S/C18H28N2O/c1-4-19-18(21)17-12-15(9-10-20-17)11-14-5-7-16(8-6-14)13(2)3/h5-8,13,15,17,20H,4,9-12H2,1-3H3,(H,19,21). The lowest BCUT2D eigenvalue weighted by atomic mass is 9.86. The third kappa shape index (κ3) is 4.57. The van der Waals surface area contributed by atoms with E-state index in [0.717, 1.165) is 25.8 Å². The molecule has 2 atom stereocenters. The van der Waals surface area contributed by atoms with E-state index in [1.807, 2.05) is 6.92 Å². The molecule has 1 aliphatic heterocycles. The van der Waals surface area contributed by atoms with Gasteiger partial charge in [-0.05, 0) is 55.7 Å². The third-order valence-corrected chi connectivity index (χ3v) is 4.35. The van der Waals surface area contributed by atoms with Gasteiger partial charge in [0.15, 0.2) is 0 Å². The van der Waals surface area contributed by atoms with Crippen LogP contribution in [0.3, 0.4) is 0 Å². The Balaban J connectivity index is 1.91. The molecule has 2 N–H and O–H groups in total. The van der Waals surface area contributed by atoms with Crippen LogP contribution in [0.25, 0.3) is 0 Å². The summed E-state index contributed by atoms with van der Waals surface area (Å²) in [6.45, 7) is 8.06. The van der Waals surface area contributed by atoms with Crippen LogP contribution in [0.2, 0.25) is 0 Å². The molecule has 1 saturated heterocycles. The molecule has 0 spiro atoms. The van der Waals surface area contributed by atoms with Crippen LogP contribution in [0.4, 0.5) is 0 Å². The Morgan fingerprint density at radius 3 is 2.67 bits per heavy atom. The molecule has 2 unspecified atom stereocenters. The minimum absolute atomic E-state index is 0.0152. The summed E-state index contributed by atoms with van der Waals surface area (Å²) in [5.41, 5.74) is 2.78. The van der Waals surface area contributed by atoms with Gasteiger partial charge in [0.25, 0.3) is 0 Å². The molecule has 1 aromatic carbocycles. The zero-order valence-corrected chi connectivity index (χ0v) is 13.5. The fourth-order valence-corrected chi connectivity index (χ4v) is 3.05. The Labute approximate surface area is 128 Å². The Hall–Kier alpha value is -1.35. The molecule has 1 fully saturated rings. The van der Waals surface area contributed by atoms with E-state index < -0.39 is 0 Å². The summed E-state index contributed by atoms with van der Waals surface area (Å²) in [5, 5.41) is 6.25. The molecule has 1 heterocycles. The van der Waals surface area contributed by atoms with E-state index >= 15 is 0 Å². The molecule has 2 rings (SSSR count). The molecule has 1 aromatic rings. The monoisotopic (exact) mass is 288 g/mol. The first-order valence-corrected chi connectivity index (χ1v) is 8.20. The second kappa shape index (κ2) is 7.60. The van der Waals surface area contributed by atoms with Gasteiger partial charge < -0.3 is 10.6 Å². The van der Waals surface area contributed by atoms with Gasteiger partial charge in [0, 0.05) is 6.54 Å². The van der Waals surface area contributed by atoms with Gasteiger partial charge in [0.05, 0.1) is 6.04 Å². The number of nitrogens with one attached hydrogen (secondary N) is 2. The largest absolute Gasteiger partial charge is 0.355 e. The SMILES string of the molecule is CCNC(=O)C1CC(Cc2ccc(C(C)C)cc2)CCN1. The number of carbonyl (C=O) groups is 1. The molecule has 0 saturated carbocycles. The second-order valence-electron chi connectivity index (χ2n) is 6.39. The van der Waals surface area contributed by atoms with Gasteiger partial charge in [-0.25, -0.2) is 0 Å². The summed E-state index contributed by atoms with van der Waals surface area (Å²) >= 11 is 0. The van der Waals surface area contributed by atoms with Crippen molar-refractivity contribution in [3.8, 4) is 0 Å². The molecule has 1 amide bonds. The van der Waals surface area contributed by atoms with Crippen molar-refractivity contribution >= 4 is 5.91 Å². The van der Waals surface area contributed by atoms with E-state index in [1.165, 1.54) is 11.1 Å². The summed E-state index contributed by atoms with van der Waals surface area (Å²) in [7, 11) is 0. The Morgan fingerprint density at radius 2 is 2.05 bits per heavy atom. The number of hydrogen-bond acceptors (Lipinski definition) is 2. The highest BCUT2D eigenvalue weighted by Crippen LogP contribution is 2.22. The van der Waals surface area contributed by atoms with Crippen LogP contribution in [0.1, 0.15) is 50.7 Å². The van der Waals surface area contributed by atoms with Gasteiger partial charge in [0.2, 0.25) is 5.91 Å². The lowest BCUT2D eigenvalue weighted by Gasteiger charge is -2.29. The van der Waals surface area contributed by atoms with Crippen molar-refractivity contribution in [3.05, 3.63) is 35.4 Å². The van der Waals surface area contributed by atoms with Crippen molar-refractivity contribution in [2.45, 2.75) is 52.0 Å². The average molecular weight is 288 g/mol. The lowest BCUT2D eigenvalue weighted by Crippen LogP contribution is -2.48. The molecule has 21 heavy (non-hydrogen) atoms. The fraction of sp³-hybridized carbons (Fsp3) is 0.611. The lowest BCUT2D eigenvalue weighted by molar-refractivity contribution is -0.123. The Bertz CT molecular complexity index is 453. The van der Waals surface area contributed by atoms with E-state index in [9.17, 15) is 4.79 Å². The van der Waals surface area contributed by atoms with Crippen LogP contribution in [0.5, 0.6) is 0 Å². The molecule has 116 valence electrons. The van der Waals surface area contributed by atoms with Gasteiger partial charge in [0.1, 0.15) is 0 Å². The van der Waals surface area contributed by atoms with Crippen LogP contribution in [-0.4, -0.2) is 25.0 Å². The zero-order valence-electron chi connectivity index (χ0n) is 13.5. The molecule has 0 aliphatic carbocycles. The maximum absolute atomic E-state index is 11.9. The smallest absolute Gasteiger partial charge is 0.237 e. The zero-order chi connectivity index (χ0) is 15.2. The van der Waals surface area contributed by atoms with Crippen molar-refractivity contribution in [1.29, 1.82) is 0 Å². The topological polar surface area (TPSA) is 41.1 Å². The number of carbonyl (C=O) groups excluding carboxylic acids is 1. The predicted molar refractivity (Wildman–Crippen MR) is 87.4 cm³/mol. The Morgan fingerprint density at radius 1 is 1.33 bits per heavy atom. The number of hydrogen-bond donors (Lipinski definition) is 2. The van der Waals surface area contributed by atoms with Crippen molar-refractivity contribution < 1.29 is 4.79 Å². The fourth-order valence-electron chi connectivity index (χ4n) is 3.05. The number of likely N-dealkylation sites (N-methyl/N-ethyl adjacent to an activating group) is 1. The number of piperidine rings is 1. The maximum atomic E-state index is 11.9. The van der Waals surface area contributed by atoms with Crippen LogP contribution >= 0.6 is 0 Å². The van der Waals surface area contributed by atoms with E-state index in [1.54, 1.807) is 0 Å². The van der Waals surface area contributed by atoms with Crippen LogP contribution in [0, 0.1) is 5.92 Å². The second-order valence-corrected chi connectivity index (χ2v) is 6.39. The molecular weight excluding hydrogens is 260 g/mol. The minimum atomic E-state index is -0.0152. The molecule has 1 aliphatic rings. The van der Waals surface area contributed by atoms with Gasteiger partial charge in [-0.15, -0.1) is 0 Å². The van der Waals surface area contributed by atoms with Crippen molar-refractivity contribution in [2.24, 2.45) is 5.92 Å². The van der Waals surface area contributed by atoms with E-state index in [0.29, 0.717) is 18.4 Å². The number of benzene rings is 1. The average Bonchev–Trinajstić information content (AvgIpc) is 2.48. The minimum Gasteiger partial charge on any atom is -0.355 e. The molecule has 0 aromatic heterocycles. The highest BCUT2D eigenvalue weighted by Gasteiger charge is 2.26. The van der Waals surface area contributed by atoms with E-state index in [2.05, 4.69) is 48.7 Å². The van der Waals surface area contributed by atoms with Crippen LogP contribution in [-0.2, 0) is 11.2 Å². The molecular formula is C18H28N2O. The highest BCUT2D eigenvalue weighted by atomic mass is 16.2. The summed E-state index contributed by atoms with van der Waals surface area (Å²) < 4.78 is 0. The quantitative estimate of drug-likeness (QED) is 0.875. The van der Waals surface area contributed by atoms with Crippen molar-refractivity contribution in [1.82, 2.24) is 10.6 Å². The first-order valence-electron chi connectivity index (χ1n) is 8.20. The summed E-state index contributed by atoms with van der Waals surface area (Å²) in [5.74, 6) is 1.33. The van der Waals surface area contributed by atoms with E-state index in [-0.39, 0.29) is 11.9 Å². The number of rotatable bonds is 5. The van der Waals surface area contributed by atoms with Crippen LogP contribution in [0.15, 0.2) is 24.3 Å². The predicted octanol–water partition coefficient (Wildman–Crippen LogP) is 2.86. The molecule has 3 heteroatoms. The summed E-state index contributed by atoms with van der Waals surface area (Å²) in [4.78, 5) is 11.9. The normalized spacial score (nSPS) is 22.3. The van der Waals surface area contributed by atoms with Crippen LogP contribution < -0.4 is 10.6 Å². The first kappa shape index (κ1) is 16.0. The first-order chi connectivity index (χ1) is 10.1. The van der Waals surface area contributed by atoms with E-state index in [4.69, 9.17) is 0 Å². The maximum Gasteiger partial charge on any atom is 0.237 e. The third-order valence-electron chi connectivity index (χ3n) is 4.35. The molecule has 3 nitrogen and oxygen atoms in total. The van der Waals surface area contributed by atoms with Gasteiger partial charge in [-0.1, -0.05) is 38.1 Å². The Kier molecular flexibility index (Phi) is 5.80. The van der Waals surface area contributed by atoms with Crippen molar-refractivity contribution in [2.75, 3.05) is 13.1 Å².